The maximum atomic E-state index is 11.1. The van der Waals surface area contributed by atoms with Gasteiger partial charge in [0, 0.05) is 18.7 Å². The average Bonchev–Trinajstić information content (AvgIpc) is 2.59. The Morgan fingerprint density at radius 2 is 1.96 bits per heavy atom. The van der Waals surface area contributed by atoms with Crippen molar-refractivity contribution in [1.82, 2.24) is 0 Å². The summed E-state index contributed by atoms with van der Waals surface area (Å²) in [5, 5.41) is 24.9. The molecular formula is C19H25N3O3. The second kappa shape index (κ2) is 8.09. The van der Waals surface area contributed by atoms with Crippen molar-refractivity contribution in [2.45, 2.75) is 38.3 Å². The molecule has 0 radical (unpaired) electrons. The molecule has 2 aromatic rings. The first-order chi connectivity index (χ1) is 11.8. The smallest absolute Gasteiger partial charge is 0.292 e. The van der Waals surface area contributed by atoms with Crippen molar-refractivity contribution in [3.05, 3.63) is 69.8 Å². The Morgan fingerprint density at radius 3 is 2.60 bits per heavy atom. The van der Waals surface area contributed by atoms with E-state index in [1.54, 1.807) is 19.1 Å². The van der Waals surface area contributed by atoms with Gasteiger partial charge in [-0.2, -0.15) is 0 Å². The first-order valence-corrected chi connectivity index (χ1v) is 8.34. The number of benzene rings is 2. The van der Waals surface area contributed by atoms with Crippen molar-refractivity contribution < 1.29 is 10.0 Å². The summed E-state index contributed by atoms with van der Waals surface area (Å²) in [6.07, 6.45) is 1.28. The summed E-state index contributed by atoms with van der Waals surface area (Å²) in [5.74, 6) is 0. The van der Waals surface area contributed by atoms with Crippen molar-refractivity contribution in [3.8, 4) is 0 Å². The highest BCUT2D eigenvalue weighted by molar-refractivity contribution is 5.62. The number of nitro groups is 1. The molecule has 0 heterocycles. The fraction of sp³-hybridized carbons (Fsp3) is 0.368. The second-order valence-electron chi connectivity index (χ2n) is 6.47. The van der Waals surface area contributed by atoms with Gasteiger partial charge in [0.2, 0.25) is 0 Å². The maximum Gasteiger partial charge on any atom is 0.292 e. The molecule has 134 valence electrons. The van der Waals surface area contributed by atoms with E-state index >= 15 is 0 Å². The predicted octanol–water partition coefficient (Wildman–Crippen LogP) is 3.33. The van der Waals surface area contributed by atoms with Crippen molar-refractivity contribution in [2.24, 2.45) is 5.73 Å². The molecule has 0 aliphatic carbocycles. The molecule has 2 rings (SSSR count). The molecule has 0 fully saturated rings. The van der Waals surface area contributed by atoms with E-state index in [1.807, 2.05) is 37.3 Å². The Kier molecular flexibility index (Phi) is 6.12. The zero-order chi connectivity index (χ0) is 18.4. The third-order valence-corrected chi connectivity index (χ3v) is 4.44. The van der Waals surface area contributed by atoms with E-state index in [1.165, 1.54) is 6.07 Å². The van der Waals surface area contributed by atoms with Gasteiger partial charge in [-0.1, -0.05) is 36.4 Å². The number of nitrogens with zero attached hydrogens (tertiary/aromatic N) is 1. The molecule has 0 bridgehead atoms. The standard InChI is InChI=1S/C19H25N3O3/c1-14-10-11-17(22(24)25)16(13-14)21-12-6-9-18(20)19(2,23)15-7-4-3-5-8-15/h3-5,7-8,10-11,13,18,21,23H,6,9,12,20H2,1-2H3. The summed E-state index contributed by atoms with van der Waals surface area (Å²) in [6, 6.07) is 13.9. The number of aliphatic hydroxyl groups is 1. The summed E-state index contributed by atoms with van der Waals surface area (Å²) < 4.78 is 0. The fourth-order valence-corrected chi connectivity index (χ4v) is 2.77. The molecular weight excluding hydrogens is 318 g/mol. The Morgan fingerprint density at radius 1 is 1.28 bits per heavy atom. The van der Waals surface area contributed by atoms with Gasteiger partial charge in [0.25, 0.3) is 5.69 Å². The van der Waals surface area contributed by atoms with Crippen molar-refractivity contribution >= 4 is 11.4 Å². The number of hydrogen-bond donors (Lipinski definition) is 3. The lowest BCUT2D eigenvalue weighted by Crippen LogP contribution is -2.43. The summed E-state index contributed by atoms with van der Waals surface area (Å²) in [5.41, 5.74) is 7.37. The highest BCUT2D eigenvalue weighted by Crippen LogP contribution is 2.27. The summed E-state index contributed by atoms with van der Waals surface area (Å²) in [7, 11) is 0. The van der Waals surface area contributed by atoms with Crippen LogP contribution in [0, 0.1) is 17.0 Å². The number of aryl methyl sites for hydroxylation is 1. The molecule has 4 N–H and O–H groups in total. The minimum Gasteiger partial charge on any atom is -0.384 e. The van der Waals surface area contributed by atoms with Gasteiger partial charge in [-0.05, 0) is 43.9 Å². The van der Waals surface area contributed by atoms with Crippen molar-refractivity contribution in [3.63, 3.8) is 0 Å². The predicted molar refractivity (Wildman–Crippen MR) is 99.5 cm³/mol. The molecule has 0 saturated heterocycles. The molecule has 6 nitrogen and oxygen atoms in total. The second-order valence-corrected chi connectivity index (χ2v) is 6.47. The largest absolute Gasteiger partial charge is 0.384 e. The van der Waals surface area contributed by atoms with Crippen LogP contribution in [0.5, 0.6) is 0 Å². The van der Waals surface area contributed by atoms with Crippen LogP contribution in [0.4, 0.5) is 11.4 Å². The van der Waals surface area contributed by atoms with Gasteiger partial charge in [0.05, 0.1) is 4.92 Å². The monoisotopic (exact) mass is 343 g/mol. The lowest BCUT2D eigenvalue weighted by atomic mass is 9.86. The minimum absolute atomic E-state index is 0.0613. The molecule has 2 aromatic carbocycles. The lowest BCUT2D eigenvalue weighted by molar-refractivity contribution is -0.384. The van der Waals surface area contributed by atoms with E-state index < -0.39 is 16.6 Å². The van der Waals surface area contributed by atoms with Crippen LogP contribution in [0.15, 0.2) is 48.5 Å². The van der Waals surface area contributed by atoms with Crippen LogP contribution in [-0.4, -0.2) is 22.6 Å². The summed E-state index contributed by atoms with van der Waals surface area (Å²) >= 11 is 0. The highest BCUT2D eigenvalue weighted by atomic mass is 16.6. The van der Waals surface area contributed by atoms with E-state index in [2.05, 4.69) is 5.32 Å². The van der Waals surface area contributed by atoms with Crippen LogP contribution in [0.3, 0.4) is 0 Å². The number of hydrogen-bond acceptors (Lipinski definition) is 5. The molecule has 0 spiro atoms. The molecule has 2 atom stereocenters. The van der Waals surface area contributed by atoms with E-state index in [0.29, 0.717) is 25.1 Å². The van der Waals surface area contributed by atoms with Crippen LogP contribution in [0.2, 0.25) is 0 Å². The third kappa shape index (κ3) is 4.78. The zero-order valence-electron chi connectivity index (χ0n) is 14.6. The molecule has 0 amide bonds. The summed E-state index contributed by atoms with van der Waals surface area (Å²) in [6.45, 7) is 4.15. The summed E-state index contributed by atoms with van der Waals surface area (Å²) in [4.78, 5) is 10.7. The van der Waals surface area contributed by atoms with Crippen LogP contribution in [0.1, 0.15) is 30.9 Å². The normalized spacial score (nSPS) is 14.6. The lowest BCUT2D eigenvalue weighted by Gasteiger charge is -2.30. The van der Waals surface area contributed by atoms with E-state index in [4.69, 9.17) is 5.73 Å². The van der Waals surface area contributed by atoms with Crippen LogP contribution in [-0.2, 0) is 5.60 Å². The van der Waals surface area contributed by atoms with Gasteiger partial charge in [-0.25, -0.2) is 0 Å². The molecule has 6 heteroatoms. The first-order valence-electron chi connectivity index (χ1n) is 8.34. The third-order valence-electron chi connectivity index (χ3n) is 4.44. The van der Waals surface area contributed by atoms with Gasteiger partial charge >= 0.3 is 0 Å². The van der Waals surface area contributed by atoms with Crippen LogP contribution >= 0.6 is 0 Å². The Bertz CT molecular complexity index is 717. The van der Waals surface area contributed by atoms with Crippen LogP contribution < -0.4 is 11.1 Å². The Hall–Kier alpha value is -2.44. The quantitative estimate of drug-likeness (QED) is 0.388. The van der Waals surface area contributed by atoms with Gasteiger partial charge in [0.1, 0.15) is 11.3 Å². The average molecular weight is 343 g/mol. The zero-order valence-corrected chi connectivity index (χ0v) is 14.6. The van der Waals surface area contributed by atoms with Crippen molar-refractivity contribution in [1.29, 1.82) is 0 Å². The molecule has 0 aromatic heterocycles. The van der Waals surface area contributed by atoms with E-state index in [9.17, 15) is 15.2 Å². The van der Waals surface area contributed by atoms with Gasteiger partial charge < -0.3 is 16.2 Å². The highest BCUT2D eigenvalue weighted by Gasteiger charge is 2.30. The molecule has 25 heavy (non-hydrogen) atoms. The number of anilines is 1. The number of nitro benzene ring substituents is 1. The van der Waals surface area contributed by atoms with Crippen LogP contribution in [0.25, 0.3) is 0 Å². The number of rotatable bonds is 8. The van der Waals surface area contributed by atoms with Crippen molar-refractivity contribution in [2.75, 3.05) is 11.9 Å². The molecule has 0 saturated carbocycles. The Labute approximate surface area is 147 Å². The van der Waals surface area contributed by atoms with Gasteiger partial charge in [-0.15, -0.1) is 0 Å². The molecule has 2 unspecified atom stereocenters. The fourth-order valence-electron chi connectivity index (χ4n) is 2.77. The van der Waals surface area contributed by atoms with Gasteiger partial charge in [-0.3, -0.25) is 10.1 Å². The number of nitrogens with one attached hydrogen (secondary N) is 1. The topological polar surface area (TPSA) is 101 Å². The molecule has 0 aliphatic heterocycles. The maximum absolute atomic E-state index is 11.1. The Balaban J connectivity index is 1.91. The molecule has 0 aliphatic rings. The van der Waals surface area contributed by atoms with E-state index in [0.717, 1.165) is 11.1 Å². The minimum atomic E-state index is -1.11. The number of nitrogens with two attached hydrogens (primary N) is 1. The van der Waals surface area contributed by atoms with Gasteiger partial charge in [0.15, 0.2) is 0 Å². The first kappa shape index (κ1) is 18.9. The van der Waals surface area contributed by atoms with E-state index in [-0.39, 0.29) is 5.69 Å². The SMILES string of the molecule is Cc1ccc([N+](=O)[O-])c(NCCCC(N)C(C)(O)c2ccccc2)c1.